The normalized spacial score (nSPS) is 14.9. The topological polar surface area (TPSA) is 109 Å². The molecule has 174 valence electrons. The van der Waals surface area contributed by atoms with Gasteiger partial charge in [-0.2, -0.15) is 4.31 Å². The van der Waals surface area contributed by atoms with Crippen LogP contribution in [0.4, 0.5) is 0 Å². The van der Waals surface area contributed by atoms with E-state index in [1.807, 2.05) is 6.92 Å². The Kier molecular flexibility index (Phi) is 7.25. The summed E-state index contributed by atoms with van der Waals surface area (Å²) in [7, 11) is -0.831. The summed E-state index contributed by atoms with van der Waals surface area (Å²) >= 11 is 0. The molecule has 1 N–H and O–H groups in total. The van der Waals surface area contributed by atoms with E-state index in [-0.39, 0.29) is 37.0 Å². The predicted molar refractivity (Wildman–Crippen MR) is 119 cm³/mol. The number of hydrogen-bond acceptors (Lipinski definition) is 6. The average Bonchev–Trinajstić information content (AvgIpc) is 3.14. The summed E-state index contributed by atoms with van der Waals surface area (Å²) < 4.78 is 37.3. The van der Waals surface area contributed by atoms with Crippen molar-refractivity contribution in [1.29, 1.82) is 0 Å². The molecule has 0 unspecified atom stereocenters. The third kappa shape index (κ3) is 4.51. The van der Waals surface area contributed by atoms with Gasteiger partial charge in [-0.3, -0.25) is 4.79 Å². The number of piperazine rings is 1. The molecule has 1 amide bonds. The Balaban J connectivity index is 1.76. The Morgan fingerprint density at radius 2 is 1.69 bits per heavy atom. The van der Waals surface area contributed by atoms with Gasteiger partial charge in [-0.1, -0.05) is 13.3 Å². The first-order chi connectivity index (χ1) is 15.2. The van der Waals surface area contributed by atoms with Gasteiger partial charge in [0.15, 0.2) is 0 Å². The van der Waals surface area contributed by atoms with Crippen LogP contribution in [0.3, 0.4) is 0 Å². The van der Waals surface area contributed by atoms with E-state index in [1.54, 1.807) is 24.0 Å². The molecule has 2 heterocycles. The minimum Gasteiger partial charge on any atom is -0.497 e. The highest BCUT2D eigenvalue weighted by Crippen LogP contribution is 2.25. The summed E-state index contributed by atoms with van der Waals surface area (Å²) in [6.07, 6.45) is 1.32. The van der Waals surface area contributed by atoms with E-state index in [1.165, 1.54) is 30.7 Å². The molecule has 1 saturated heterocycles. The van der Waals surface area contributed by atoms with E-state index in [0.29, 0.717) is 34.7 Å². The first kappa shape index (κ1) is 23.8. The third-order valence-electron chi connectivity index (χ3n) is 5.62. The Bertz CT molecular complexity index is 1080. The van der Waals surface area contributed by atoms with Gasteiger partial charge in [0.2, 0.25) is 10.0 Å². The van der Waals surface area contributed by atoms with Crippen molar-refractivity contribution in [3.63, 3.8) is 0 Å². The molecule has 10 heteroatoms. The van der Waals surface area contributed by atoms with Gasteiger partial charge in [-0.05, 0) is 43.2 Å². The number of carbonyl (C=O) groups excluding carboxylic acids is 2. The number of amides is 1. The summed E-state index contributed by atoms with van der Waals surface area (Å²) in [6.45, 7) is 4.60. The largest absolute Gasteiger partial charge is 0.497 e. The molecule has 32 heavy (non-hydrogen) atoms. The quantitative estimate of drug-likeness (QED) is 0.631. The second-order valence-corrected chi connectivity index (χ2v) is 9.53. The van der Waals surface area contributed by atoms with Gasteiger partial charge in [0.1, 0.15) is 11.4 Å². The summed E-state index contributed by atoms with van der Waals surface area (Å²) in [6, 6.07) is 6.24. The molecule has 0 atom stereocenters. The van der Waals surface area contributed by atoms with Crippen LogP contribution >= 0.6 is 0 Å². The molecular formula is C22H29N3O6S. The number of aromatic nitrogens is 1. The maximum Gasteiger partial charge on any atom is 0.339 e. The summed E-state index contributed by atoms with van der Waals surface area (Å²) in [5.74, 6) is -0.139. The molecular weight excluding hydrogens is 434 g/mol. The molecule has 9 nitrogen and oxygen atoms in total. The molecule has 1 aliphatic rings. The number of benzene rings is 1. The lowest BCUT2D eigenvalue weighted by Gasteiger charge is -2.34. The summed E-state index contributed by atoms with van der Waals surface area (Å²) in [5.41, 5.74) is 2.01. The molecule has 3 rings (SSSR count). The maximum absolute atomic E-state index is 13.2. The molecule has 0 aliphatic carbocycles. The van der Waals surface area contributed by atoms with E-state index in [0.717, 1.165) is 6.42 Å². The monoisotopic (exact) mass is 463 g/mol. The van der Waals surface area contributed by atoms with Crippen molar-refractivity contribution in [3.8, 4) is 5.75 Å². The minimum absolute atomic E-state index is 0.186. The first-order valence-corrected chi connectivity index (χ1v) is 11.9. The Morgan fingerprint density at radius 1 is 1.06 bits per heavy atom. The number of aryl methyl sites for hydroxylation is 1. The molecule has 1 aliphatic heterocycles. The van der Waals surface area contributed by atoms with Gasteiger partial charge in [-0.15, -0.1) is 0 Å². The van der Waals surface area contributed by atoms with Gasteiger partial charge in [0.05, 0.1) is 24.7 Å². The Labute approximate surface area is 188 Å². The van der Waals surface area contributed by atoms with E-state index in [4.69, 9.17) is 9.47 Å². The van der Waals surface area contributed by atoms with Crippen LogP contribution in [-0.2, 0) is 21.2 Å². The number of nitrogens with zero attached hydrogens (tertiary/aromatic N) is 2. The van der Waals surface area contributed by atoms with Crippen LogP contribution in [0.15, 0.2) is 29.2 Å². The fraction of sp³-hybridized carbons (Fsp3) is 0.455. The highest BCUT2D eigenvalue weighted by atomic mass is 32.2. The SMILES string of the molecule is CCCc1c(C(=O)N2CCN(S(=O)(=O)c3ccc(OC)cc3)CC2)[nH]c(C)c1C(=O)OC. The number of carbonyl (C=O) groups is 2. The lowest BCUT2D eigenvalue weighted by atomic mass is 10.0. The zero-order valence-electron chi connectivity index (χ0n) is 18.8. The lowest BCUT2D eigenvalue weighted by molar-refractivity contribution is 0.0599. The third-order valence-corrected chi connectivity index (χ3v) is 7.53. The number of sulfonamides is 1. The molecule has 0 saturated carbocycles. The molecule has 1 aromatic heterocycles. The smallest absolute Gasteiger partial charge is 0.339 e. The maximum atomic E-state index is 13.2. The van der Waals surface area contributed by atoms with Crippen LogP contribution in [0, 0.1) is 6.92 Å². The zero-order valence-corrected chi connectivity index (χ0v) is 19.6. The lowest BCUT2D eigenvalue weighted by Crippen LogP contribution is -2.50. The molecule has 1 fully saturated rings. The van der Waals surface area contributed by atoms with E-state index >= 15 is 0 Å². The number of ether oxygens (including phenoxy) is 2. The number of esters is 1. The molecule has 0 spiro atoms. The van der Waals surface area contributed by atoms with Gasteiger partial charge in [0.25, 0.3) is 5.91 Å². The van der Waals surface area contributed by atoms with Crippen molar-refractivity contribution in [2.45, 2.75) is 31.6 Å². The average molecular weight is 464 g/mol. The van der Waals surface area contributed by atoms with Crippen LogP contribution in [0.2, 0.25) is 0 Å². The van der Waals surface area contributed by atoms with Crippen LogP contribution in [-0.4, -0.2) is 74.9 Å². The van der Waals surface area contributed by atoms with Gasteiger partial charge in [0, 0.05) is 31.9 Å². The number of rotatable bonds is 7. The highest BCUT2D eigenvalue weighted by molar-refractivity contribution is 7.89. The van der Waals surface area contributed by atoms with Crippen LogP contribution < -0.4 is 4.74 Å². The standard InChI is InChI=1S/C22H29N3O6S/c1-5-6-18-19(22(27)31-4)15(2)23-20(18)21(26)24-11-13-25(14-12-24)32(28,29)17-9-7-16(30-3)8-10-17/h7-10,23H,5-6,11-14H2,1-4H3. The zero-order chi connectivity index (χ0) is 23.5. The Morgan fingerprint density at radius 3 is 2.22 bits per heavy atom. The number of H-pyrrole nitrogens is 1. The number of hydrogen-bond donors (Lipinski definition) is 1. The minimum atomic E-state index is -3.66. The van der Waals surface area contributed by atoms with Crippen LogP contribution in [0.1, 0.15) is 45.4 Å². The molecule has 0 radical (unpaired) electrons. The van der Waals surface area contributed by atoms with E-state index in [9.17, 15) is 18.0 Å². The van der Waals surface area contributed by atoms with E-state index in [2.05, 4.69) is 4.98 Å². The fourth-order valence-corrected chi connectivity index (χ4v) is 5.35. The van der Waals surface area contributed by atoms with Crippen molar-refractivity contribution in [3.05, 3.63) is 46.8 Å². The Hall–Kier alpha value is -2.85. The van der Waals surface area contributed by atoms with Crippen LogP contribution in [0.25, 0.3) is 0 Å². The fourth-order valence-electron chi connectivity index (χ4n) is 3.92. The van der Waals surface area contributed by atoms with Crippen molar-refractivity contribution < 1.29 is 27.5 Å². The van der Waals surface area contributed by atoms with Gasteiger partial charge < -0.3 is 19.4 Å². The number of nitrogens with one attached hydrogen (secondary N) is 1. The first-order valence-electron chi connectivity index (χ1n) is 10.5. The van der Waals surface area contributed by atoms with Crippen molar-refractivity contribution in [2.24, 2.45) is 0 Å². The van der Waals surface area contributed by atoms with Gasteiger partial charge in [-0.25, -0.2) is 13.2 Å². The second kappa shape index (κ2) is 9.74. The summed E-state index contributed by atoms with van der Waals surface area (Å²) in [4.78, 5) is 30.3. The highest BCUT2D eigenvalue weighted by Gasteiger charge is 2.33. The van der Waals surface area contributed by atoms with Crippen molar-refractivity contribution in [2.75, 3.05) is 40.4 Å². The second-order valence-electron chi connectivity index (χ2n) is 7.59. The van der Waals surface area contributed by atoms with Gasteiger partial charge >= 0.3 is 5.97 Å². The van der Waals surface area contributed by atoms with Crippen LogP contribution in [0.5, 0.6) is 5.75 Å². The number of aromatic amines is 1. The number of methoxy groups -OCH3 is 2. The predicted octanol–water partition coefficient (Wildman–Crippen LogP) is 2.22. The van der Waals surface area contributed by atoms with Crippen molar-refractivity contribution in [1.82, 2.24) is 14.2 Å². The van der Waals surface area contributed by atoms with E-state index < -0.39 is 16.0 Å². The molecule has 1 aromatic carbocycles. The van der Waals surface area contributed by atoms with Crippen molar-refractivity contribution >= 4 is 21.9 Å². The molecule has 0 bridgehead atoms. The summed E-state index contributed by atoms with van der Waals surface area (Å²) in [5, 5.41) is 0. The molecule has 2 aromatic rings.